The maximum Gasteiger partial charge on any atom is 0.246 e. The number of aromatic nitrogens is 3. The predicted molar refractivity (Wildman–Crippen MR) is 277 cm³/mol. The molecule has 1 aliphatic carbocycles. The van der Waals surface area contributed by atoms with Crippen molar-refractivity contribution in [2.45, 2.75) is 96.6 Å². The van der Waals surface area contributed by atoms with Crippen molar-refractivity contribution < 1.29 is 43.7 Å². The number of hydrogen-bond donors (Lipinski definition) is 6. The number of ether oxygens (including phenoxy) is 2. The number of anilines is 1. The normalized spacial score (nSPS) is 19.6. The number of thiazole rings is 1. The maximum absolute atomic E-state index is 14.0. The van der Waals surface area contributed by atoms with Crippen molar-refractivity contribution in [3.8, 4) is 10.4 Å². The highest BCUT2D eigenvalue weighted by atomic mass is 35.5. The number of aliphatic hydroxyl groups excluding tert-OH is 2. The third kappa shape index (κ3) is 14.6. The topological polar surface area (TPSA) is 241 Å². The van der Waals surface area contributed by atoms with E-state index in [1.807, 2.05) is 69.0 Å². The number of nitrogens with one attached hydrogen (secondary N) is 4. The summed E-state index contributed by atoms with van der Waals surface area (Å²) in [7, 11) is 0. The van der Waals surface area contributed by atoms with Gasteiger partial charge in [0.05, 0.1) is 59.7 Å². The van der Waals surface area contributed by atoms with E-state index in [4.69, 9.17) is 21.1 Å². The van der Waals surface area contributed by atoms with Crippen LogP contribution in [0.2, 0.25) is 5.02 Å². The van der Waals surface area contributed by atoms with Crippen LogP contribution >= 0.6 is 22.9 Å². The van der Waals surface area contributed by atoms with E-state index in [-0.39, 0.29) is 76.6 Å². The molecular formula is C52H69ClN10O9S. The lowest BCUT2D eigenvalue weighted by Gasteiger charge is -2.38. The lowest BCUT2D eigenvalue weighted by Crippen LogP contribution is -2.58. The zero-order chi connectivity index (χ0) is 52.2. The number of fused-ring (bicyclic) bond motifs is 1. The fraction of sp³-hybridized carbons (Fsp3) is 0.538. The van der Waals surface area contributed by atoms with E-state index in [0.29, 0.717) is 56.4 Å². The molecule has 21 heteroatoms. The molecule has 73 heavy (non-hydrogen) atoms. The van der Waals surface area contributed by atoms with Crippen LogP contribution in [0.25, 0.3) is 10.4 Å². The number of halogens is 1. The Bertz CT molecular complexity index is 2520. The van der Waals surface area contributed by atoms with Gasteiger partial charge >= 0.3 is 0 Å². The van der Waals surface area contributed by atoms with Crippen molar-refractivity contribution in [1.29, 1.82) is 0 Å². The smallest absolute Gasteiger partial charge is 0.246 e. The van der Waals surface area contributed by atoms with Crippen molar-refractivity contribution in [1.82, 2.24) is 46.0 Å². The highest BCUT2D eigenvalue weighted by Crippen LogP contribution is 2.43. The minimum atomic E-state index is -0.999. The molecule has 3 aliphatic rings. The summed E-state index contributed by atoms with van der Waals surface area (Å²) in [4.78, 5) is 86.9. The number of aliphatic hydroxyl groups is 2. The standard InChI is InChI=1S/C52H69ClN10O9S/c1-32-24-41(65)45-44(32)48(58-30-57-45)61-17-19-62(20-18-61)50(69)39(35-10-12-37(53)13-11-35)27-54-15-14-42(66)55-16-21-71-22-23-72-29-43(67)60-47(52(3,4)5)51(70)63-28-38(64)25-40(63)49(68)56-26-34-6-8-36(9-7-34)46-33(2)59-31-73-46/h6-13,30-32,38-41,47,54,64-65H,14-29H2,1-5H3,(H,55,66)(H,56,68)(H,60,67). The van der Waals surface area contributed by atoms with Crippen LogP contribution in [0.1, 0.15) is 93.0 Å². The van der Waals surface area contributed by atoms with E-state index in [9.17, 15) is 34.2 Å². The molecule has 0 bridgehead atoms. The maximum atomic E-state index is 14.0. The zero-order valence-corrected chi connectivity index (χ0v) is 43.8. The Morgan fingerprint density at radius 1 is 0.863 bits per heavy atom. The molecule has 2 fully saturated rings. The second kappa shape index (κ2) is 25.6. The number of likely N-dealkylation sites (tertiary alicyclic amines) is 1. The average Bonchev–Trinajstić information content (AvgIpc) is 4.08. The van der Waals surface area contributed by atoms with Crippen LogP contribution in [0.3, 0.4) is 0 Å². The molecule has 394 valence electrons. The van der Waals surface area contributed by atoms with Gasteiger partial charge in [-0.15, -0.1) is 11.3 Å². The highest BCUT2D eigenvalue weighted by molar-refractivity contribution is 7.13. The number of hydrogen-bond acceptors (Lipinski definition) is 15. The molecule has 2 saturated heterocycles. The van der Waals surface area contributed by atoms with Gasteiger partial charge in [0.15, 0.2) is 0 Å². The molecule has 6 N–H and O–H groups in total. The van der Waals surface area contributed by atoms with E-state index in [2.05, 4.69) is 48.0 Å². The molecule has 0 radical (unpaired) electrons. The van der Waals surface area contributed by atoms with Gasteiger partial charge in [-0.25, -0.2) is 15.0 Å². The Morgan fingerprint density at radius 2 is 1.59 bits per heavy atom. The molecule has 2 aromatic carbocycles. The van der Waals surface area contributed by atoms with Crippen LogP contribution in [0.4, 0.5) is 5.82 Å². The lowest BCUT2D eigenvalue weighted by atomic mass is 9.85. The first kappa shape index (κ1) is 55.1. The molecule has 4 heterocycles. The van der Waals surface area contributed by atoms with E-state index < -0.39 is 53.3 Å². The third-order valence-corrected chi connectivity index (χ3v) is 14.7. The Hall–Kier alpha value is -5.61. The summed E-state index contributed by atoms with van der Waals surface area (Å²) in [5.74, 6) is -1.11. The Kier molecular flexibility index (Phi) is 19.3. The summed E-state index contributed by atoms with van der Waals surface area (Å²) in [5.41, 5.74) is 6.45. The molecule has 0 spiro atoms. The number of β-amino-alcohol motifs (C(OH)–C–C–N with tert-alkyl or cyclic N) is 1. The quantitative estimate of drug-likeness (QED) is 0.0619. The van der Waals surface area contributed by atoms with Crippen LogP contribution in [-0.2, 0) is 40.0 Å². The first-order valence-corrected chi connectivity index (χ1v) is 26.2. The van der Waals surface area contributed by atoms with E-state index in [1.54, 1.807) is 29.0 Å². The van der Waals surface area contributed by atoms with E-state index in [1.165, 1.54) is 11.2 Å². The molecule has 19 nitrogen and oxygen atoms in total. The number of carbonyl (C=O) groups excluding carboxylic acids is 5. The Labute approximate surface area is 435 Å². The fourth-order valence-corrected chi connectivity index (χ4v) is 10.5. The number of carbonyl (C=O) groups is 5. The van der Waals surface area contributed by atoms with Crippen molar-refractivity contribution in [3.63, 3.8) is 0 Å². The van der Waals surface area contributed by atoms with Gasteiger partial charge in [0.2, 0.25) is 29.5 Å². The molecule has 6 atom stereocenters. The first-order chi connectivity index (χ1) is 35.0. The summed E-state index contributed by atoms with van der Waals surface area (Å²) < 4.78 is 11.1. The summed E-state index contributed by atoms with van der Waals surface area (Å²) in [6, 6.07) is 13.2. The van der Waals surface area contributed by atoms with Crippen LogP contribution < -0.4 is 26.2 Å². The lowest BCUT2D eigenvalue weighted by molar-refractivity contribution is -0.144. The van der Waals surface area contributed by atoms with Gasteiger partial charge in [-0.3, -0.25) is 24.0 Å². The molecule has 4 aromatic rings. The summed E-state index contributed by atoms with van der Waals surface area (Å²) in [6.45, 7) is 12.9. The SMILES string of the molecule is Cc1ncsc1-c1ccc(CNC(=O)C2CC(O)CN2C(=O)C(NC(=O)COCCOCCNC(=O)CCNCC(C(=O)N2CCN(c3ncnc4c3C(C)CC4O)CC2)c2ccc(Cl)cc2)C(C)(C)C)cc1. The number of benzene rings is 2. The van der Waals surface area contributed by atoms with Crippen molar-refractivity contribution in [2.75, 3.05) is 83.7 Å². The highest BCUT2D eigenvalue weighted by Gasteiger charge is 2.44. The van der Waals surface area contributed by atoms with E-state index in [0.717, 1.165) is 38.6 Å². The van der Waals surface area contributed by atoms with Gasteiger partial charge in [-0.05, 0) is 53.5 Å². The number of amides is 5. The molecule has 5 amide bonds. The summed E-state index contributed by atoms with van der Waals surface area (Å²) in [5, 5.41) is 33.4. The minimum Gasteiger partial charge on any atom is -0.391 e. The van der Waals surface area contributed by atoms with Gasteiger partial charge in [0, 0.05) is 82.3 Å². The summed E-state index contributed by atoms with van der Waals surface area (Å²) in [6.07, 6.45) is 0.895. The van der Waals surface area contributed by atoms with Crippen LogP contribution in [0, 0.1) is 12.3 Å². The fourth-order valence-electron chi connectivity index (χ4n) is 9.52. The third-order valence-electron chi connectivity index (χ3n) is 13.5. The second-order valence-corrected chi connectivity index (χ2v) is 21.3. The van der Waals surface area contributed by atoms with Crippen LogP contribution in [0.15, 0.2) is 60.4 Å². The molecule has 2 aromatic heterocycles. The van der Waals surface area contributed by atoms with Gasteiger partial charge in [-0.2, -0.15) is 0 Å². The van der Waals surface area contributed by atoms with Gasteiger partial charge in [0.1, 0.15) is 30.8 Å². The second-order valence-electron chi connectivity index (χ2n) is 20.0. The molecule has 7 rings (SSSR count). The Morgan fingerprint density at radius 3 is 2.29 bits per heavy atom. The number of aryl methyl sites for hydroxylation is 1. The van der Waals surface area contributed by atoms with Crippen LogP contribution in [0.5, 0.6) is 0 Å². The average molecular weight is 1050 g/mol. The van der Waals surface area contributed by atoms with Gasteiger partial charge < -0.3 is 55.7 Å². The van der Waals surface area contributed by atoms with Crippen LogP contribution in [-0.4, -0.2) is 161 Å². The van der Waals surface area contributed by atoms with Gasteiger partial charge in [-0.1, -0.05) is 75.7 Å². The van der Waals surface area contributed by atoms with Gasteiger partial charge in [0.25, 0.3) is 0 Å². The molecular weight excluding hydrogens is 976 g/mol. The molecule has 6 unspecified atom stereocenters. The number of rotatable bonds is 22. The molecule has 2 aliphatic heterocycles. The van der Waals surface area contributed by atoms with E-state index >= 15 is 0 Å². The monoisotopic (exact) mass is 1040 g/mol. The Balaban J connectivity index is 0.772. The minimum absolute atomic E-state index is 0.0192. The van der Waals surface area contributed by atoms with Crippen molar-refractivity contribution in [2.24, 2.45) is 5.41 Å². The largest absolute Gasteiger partial charge is 0.391 e. The summed E-state index contributed by atoms with van der Waals surface area (Å²) >= 11 is 7.75. The zero-order valence-electron chi connectivity index (χ0n) is 42.3. The number of nitrogens with zero attached hydrogens (tertiary/aromatic N) is 6. The van der Waals surface area contributed by atoms with Crippen molar-refractivity contribution >= 4 is 58.3 Å². The molecule has 0 saturated carbocycles. The predicted octanol–water partition coefficient (Wildman–Crippen LogP) is 3.47. The number of piperazine rings is 1. The van der Waals surface area contributed by atoms with Crippen molar-refractivity contribution in [3.05, 3.63) is 93.5 Å². The first-order valence-electron chi connectivity index (χ1n) is 25.0.